The quantitative estimate of drug-likeness (QED) is 0.180. The van der Waals surface area contributed by atoms with Crippen LogP contribution in [0.1, 0.15) is 0 Å². The summed E-state index contributed by atoms with van der Waals surface area (Å²) < 4.78 is 11.7. The van der Waals surface area contributed by atoms with Gasteiger partial charge in [0, 0.05) is 53.3 Å². The summed E-state index contributed by atoms with van der Waals surface area (Å²) in [5.41, 5.74) is 10.8. The highest BCUT2D eigenvalue weighted by atomic mass is 32.1. The molecule has 244 valence electrons. The van der Waals surface area contributed by atoms with E-state index in [1.807, 2.05) is 11.3 Å². The van der Waals surface area contributed by atoms with Crippen molar-refractivity contribution in [2.75, 3.05) is 4.90 Å². The van der Waals surface area contributed by atoms with E-state index < -0.39 is 0 Å². The molecule has 0 N–H and O–H groups in total. The van der Waals surface area contributed by atoms with E-state index in [9.17, 15) is 0 Å². The summed E-state index contributed by atoms with van der Waals surface area (Å²) >= 11 is 1.85. The molecule has 52 heavy (non-hydrogen) atoms. The zero-order chi connectivity index (χ0) is 34.2. The van der Waals surface area contributed by atoms with E-state index >= 15 is 0 Å². The second-order valence-electron chi connectivity index (χ2n) is 13.3. The van der Waals surface area contributed by atoms with E-state index in [2.05, 4.69) is 191 Å². The number of nitrogens with zero attached hydrogens (tertiary/aromatic N) is 2. The van der Waals surface area contributed by atoms with Crippen molar-refractivity contribution < 1.29 is 4.42 Å². The number of anilines is 3. The van der Waals surface area contributed by atoms with Crippen LogP contribution >= 0.6 is 11.3 Å². The molecule has 3 heterocycles. The number of aromatic nitrogens is 1. The summed E-state index contributed by atoms with van der Waals surface area (Å²) in [5.74, 6) is 0. The summed E-state index contributed by atoms with van der Waals surface area (Å²) in [6.45, 7) is 0. The van der Waals surface area contributed by atoms with Gasteiger partial charge in [-0.05, 0) is 78.4 Å². The van der Waals surface area contributed by atoms with Crippen LogP contribution in [0.2, 0.25) is 0 Å². The maximum Gasteiger partial charge on any atom is 0.145 e. The standard InChI is InChI=1S/C48H30N2OS/c1-3-14-31(15-4-1)34-27-29-42(47-36-19-8-11-23-43(36)51-48(34)47)50(41-22-13-25-45-46(41)37-20-9-12-24-44(37)52-45)33-26-28-40-38(30-33)35-18-7-10-21-39(35)49(40)32-16-5-2-6-17-32/h1-30H. The summed E-state index contributed by atoms with van der Waals surface area (Å²) in [6, 6.07) is 65.4. The zero-order valence-corrected chi connectivity index (χ0v) is 28.8. The molecule has 0 atom stereocenters. The van der Waals surface area contributed by atoms with Crippen molar-refractivity contribution in [1.82, 2.24) is 4.57 Å². The predicted molar refractivity (Wildman–Crippen MR) is 221 cm³/mol. The highest BCUT2D eigenvalue weighted by Gasteiger charge is 2.25. The lowest BCUT2D eigenvalue weighted by Gasteiger charge is -2.28. The molecule has 11 aromatic rings. The molecule has 0 amide bonds. The number of thiophene rings is 1. The Balaban J connectivity index is 1.26. The molecule has 0 bridgehead atoms. The van der Waals surface area contributed by atoms with Crippen LogP contribution in [0.25, 0.3) is 80.7 Å². The molecule has 11 rings (SSSR count). The lowest BCUT2D eigenvalue weighted by atomic mass is 9.99. The molecule has 0 aliphatic carbocycles. The van der Waals surface area contributed by atoms with E-state index in [4.69, 9.17) is 4.42 Å². The number of benzene rings is 8. The van der Waals surface area contributed by atoms with E-state index in [1.54, 1.807) is 0 Å². The van der Waals surface area contributed by atoms with Crippen LogP contribution in [0.4, 0.5) is 17.1 Å². The monoisotopic (exact) mass is 682 g/mol. The summed E-state index contributed by atoms with van der Waals surface area (Å²) in [5, 5.41) is 7.14. The molecule has 0 saturated carbocycles. The third-order valence-corrected chi connectivity index (χ3v) is 11.5. The molecule has 0 fully saturated rings. The number of rotatable bonds is 5. The second-order valence-corrected chi connectivity index (χ2v) is 14.4. The Kier molecular flexibility index (Phi) is 6.42. The smallest absolute Gasteiger partial charge is 0.145 e. The van der Waals surface area contributed by atoms with E-state index in [-0.39, 0.29) is 0 Å². The Hall–Kier alpha value is -6.62. The van der Waals surface area contributed by atoms with Crippen molar-refractivity contribution in [3.05, 3.63) is 182 Å². The van der Waals surface area contributed by atoms with Gasteiger partial charge in [-0.15, -0.1) is 11.3 Å². The number of hydrogen-bond donors (Lipinski definition) is 0. The van der Waals surface area contributed by atoms with Gasteiger partial charge in [-0.25, -0.2) is 0 Å². The minimum Gasteiger partial charge on any atom is -0.455 e. The van der Waals surface area contributed by atoms with Gasteiger partial charge in [0.15, 0.2) is 0 Å². The van der Waals surface area contributed by atoms with Crippen molar-refractivity contribution in [3.8, 4) is 16.8 Å². The van der Waals surface area contributed by atoms with Crippen LogP contribution in [0.5, 0.6) is 0 Å². The maximum atomic E-state index is 6.80. The maximum absolute atomic E-state index is 6.80. The molecule has 8 aromatic carbocycles. The van der Waals surface area contributed by atoms with Gasteiger partial charge < -0.3 is 13.9 Å². The van der Waals surface area contributed by atoms with Crippen LogP contribution in [-0.2, 0) is 0 Å². The van der Waals surface area contributed by atoms with Crippen molar-refractivity contribution in [3.63, 3.8) is 0 Å². The van der Waals surface area contributed by atoms with Gasteiger partial charge in [0.1, 0.15) is 11.2 Å². The van der Waals surface area contributed by atoms with Crippen LogP contribution in [-0.4, -0.2) is 4.57 Å². The summed E-state index contributed by atoms with van der Waals surface area (Å²) in [7, 11) is 0. The first-order chi connectivity index (χ1) is 25.8. The first-order valence-corrected chi connectivity index (χ1v) is 18.4. The zero-order valence-electron chi connectivity index (χ0n) is 28.0. The van der Waals surface area contributed by atoms with Gasteiger partial charge >= 0.3 is 0 Å². The van der Waals surface area contributed by atoms with E-state index in [0.717, 1.165) is 55.8 Å². The summed E-state index contributed by atoms with van der Waals surface area (Å²) in [6.07, 6.45) is 0. The first-order valence-electron chi connectivity index (χ1n) is 17.6. The molecule has 0 unspecified atom stereocenters. The Bertz CT molecular complexity index is 3130. The lowest BCUT2D eigenvalue weighted by Crippen LogP contribution is -2.11. The number of fused-ring (bicyclic) bond motifs is 9. The molecule has 0 aliphatic heterocycles. The Morgan fingerprint density at radius 2 is 1.13 bits per heavy atom. The average molecular weight is 683 g/mol. The highest BCUT2D eigenvalue weighted by Crippen LogP contribution is 2.50. The van der Waals surface area contributed by atoms with Crippen molar-refractivity contribution in [2.45, 2.75) is 0 Å². The second kappa shape index (κ2) is 11.5. The minimum absolute atomic E-state index is 0.877. The van der Waals surface area contributed by atoms with Gasteiger partial charge in [0.05, 0.1) is 27.8 Å². The van der Waals surface area contributed by atoms with E-state index in [1.165, 1.54) is 42.0 Å². The summed E-state index contributed by atoms with van der Waals surface area (Å²) in [4.78, 5) is 2.47. The molecular weight excluding hydrogens is 653 g/mol. The Morgan fingerprint density at radius 3 is 2.00 bits per heavy atom. The van der Waals surface area contributed by atoms with Crippen LogP contribution in [0.15, 0.2) is 186 Å². The molecule has 0 saturated heterocycles. The fourth-order valence-electron chi connectivity index (χ4n) is 8.15. The van der Waals surface area contributed by atoms with Gasteiger partial charge in [0.2, 0.25) is 0 Å². The van der Waals surface area contributed by atoms with Crippen LogP contribution in [0.3, 0.4) is 0 Å². The number of hydrogen-bond acceptors (Lipinski definition) is 3. The van der Waals surface area contributed by atoms with Gasteiger partial charge in [0.25, 0.3) is 0 Å². The van der Waals surface area contributed by atoms with Gasteiger partial charge in [-0.2, -0.15) is 0 Å². The number of para-hydroxylation sites is 3. The third-order valence-electron chi connectivity index (χ3n) is 10.4. The molecule has 3 aromatic heterocycles. The van der Waals surface area contributed by atoms with Gasteiger partial charge in [-0.1, -0.05) is 109 Å². The Morgan fingerprint density at radius 1 is 0.462 bits per heavy atom. The lowest BCUT2D eigenvalue weighted by molar-refractivity contribution is 0.670. The van der Waals surface area contributed by atoms with Crippen molar-refractivity contribution in [2.24, 2.45) is 0 Å². The molecule has 0 spiro atoms. The third kappa shape index (κ3) is 4.31. The van der Waals surface area contributed by atoms with Gasteiger partial charge in [-0.3, -0.25) is 0 Å². The fourth-order valence-corrected chi connectivity index (χ4v) is 9.27. The predicted octanol–water partition coefficient (Wildman–Crippen LogP) is 14.2. The SMILES string of the molecule is c1ccc(-c2ccc(N(c3ccc4c(c3)c3ccccc3n4-c3ccccc3)c3cccc4sc5ccccc5c34)c3c2oc2ccccc23)cc1. The molecule has 0 aliphatic rings. The van der Waals surface area contributed by atoms with Crippen molar-refractivity contribution in [1.29, 1.82) is 0 Å². The van der Waals surface area contributed by atoms with Crippen LogP contribution < -0.4 is 4.90 Å². The number of furan rings is 1. The minimum atomic E-state index is 0.877. The molecular formula is C48H30N2OS. The molecule has 4 heteroatoms. The van der Waals surface area contributed by atoms with E-state index in [0.29, 0.717) is 0 Å². The van der Waals surface area contributed by atoms with Crippen molar-refractivity contribution >= 4 is 92.3 Å². The highest BCUT2D eigenvalue weighted by molar-refractivity contribution is 7.26. The average Bonchev–Trinajstić information content (AvgIpc) is 3.89. The normalized spacial score (nSPS) is 11.8. The fraction of sp³-hybridized carbons (Fsp3) is 0. The van der Waals surface area contributed by atoms with Crippen LogP contribution in [0, 0.1) is 0 Å². The first kappa shape index (κ1) is 29.1. The molecule has 3 nitrogen and oxygen atoms in total. The largest absolute Gasteiger partial charge is 0.455 e. The Labute approximate surface area is 303 Å². The molecule has 0 radical (unpaired) electrons. The topological polar surface area (TPSA) is 21.3 Å².